The normalized spacial score (nSPS) is 16.6. The summed E-state index contributed by atoms with van der Waals surface area (Å²) in [6, 6.07) is -0.0352. The Morgan fingerprint density at radius 2 is 2.15 bits per heavy atom. The van der Waals surface area contributed by atoms with Crippen LogP contribution in [-0.4, -0.2) is 56.8 Å². The quantitative estimate of drug-likeness (QED) is 0.840. The van der Waals surface area contributed by atoms with Crippen molar-refractivity contribution in [2.75, 3.05) is 26.2 Å². The van der Waals surface area contributed by atoms with Crippen LogP contribution in [0.4, 0.5) is 4.79 Å². The Balaban J connectivity index is 1.54. The molecule has 1 fully saturated rings. The maximum Gasteiger partial charge on any atom is 0.344 e. The fraction of sp³-hybridized carbons (Fsp3) is 0.462. The lowest BCUT2D eigenvalue weighted by molar-refractivity contribution is 0.134. The van der Waals surface area contributed by atoms with Crippen molar-refractivity contribution in [2.45, 2.75) is 13.5 Å². The van der Waals surface area contributed by atoms with E-state index in [1.807, 2.05) is 23.4 Å². The molecule has 0 atom stereocenters. The number of hydrogen-bond donors (Lipinski definition) is 0. The molecule has 0 bridgehead atoms. The number of amides is 1. The average molecular weight is 291 g/mol. The first-order chi connectivity index (χ1) is 9.72. The zero-order valence-corrected chi connectivity index (χ0v) is 12.2. The van der Waals surface area contributed by atoms with Gasteiger partial charge in [-0.15, -0.1) is 11.3 Å². The van der Waals surface area contributed by atoms with Crippen molar-refractivity contribution in [3.63, 3.8) is 0 Å². The van der Waals surface area contributed by atoms with Gasteiger partial charge in [-0.2, -0.15) is 9.78 Å². The Labute approximate surface area is 121 Å². The summed E-state index contributed by atoms with van der Waals surface area (Å²) in [5, 5.41) is 7.20. The molecule has 3 heterocycles. The van der Waals surface area contributed by atoms with Crippen LogP contribution in [0.25, 0.3) is 0 Å². The number of thiazole rings is 1. The Morgan fingerprint density at radius 1 is 1.35 bits per heavy atom. The van der Waals surface area contributed by atoms with Gasteiger partial charge in [-0.25, -0.2) is 9.78 Å². The maximum absolute atomic E-state index is 12.2. The minimum absolute atomic E-state index is 0.0352. The molecule has 20 heavy (non-hydrogen) atoms. The van der Waals surface area contributed by atoms with Gasteiger partial charge < -0.3 is 4.90 Å². The van der Waals surface area contributed by atoms with Crippen molar-refractivity contribution in [1.29, 1.82) is 0 Å². The van der Waals surface area contributed by atoms with E-state index in [2.05, 4.69) is 15.0 Å². The Bertz CT molecular complexity index is 571. The van der Waals surface area contributed by atoms with Gasteiger partial charge in [-0.3, -0.25) is 4.90 Å². The van der Waals surface area contributed by atoms with Gasteiger partial charge in [0.2, 0.25) is 0 Å². The molecule has 3 rings (SSSR count). The third-order valence-electron chi connectivity index (χ3n) is 3.39. The van der Waals surface area contributed by atoms with Crippen molar-refractivity contribution in [3.8, 4) is 0 Å². The molecular weight excluding hydrogens is 274 g/mol. The van der Waals surface area contributed by atoms with E-state index in [1.54, 1.807) is 23.7 Å². The Kier molecular flexibility index (Phi) is 3.79. The summed E-state index contributed by atoms with van der Waals surface area (Å²) in [5.74, 6) is 0. The highest BCUT2D eigenvalue weighted by Crippen LogP contribution is 2.11. The van der Waals surface area contributed by atoms with Gasteiger partial charge in [0.15, 0.2) is 0 Å². The van der Waals surface area contributed by atoms with E-state index in [4.69, 9.17) is 0 Å². The number of carbonyl (C=O) groups is 1. The Morgan fingerprint density at radius 3 is 2.75 bits per heavy atom. The highest BCUT2D eigenvalue weighted by molar-refractivity contribution is 7.09. The van der Waals surface area contributed by atoms with Gasteiger partial charge in [0.05, 0.1) is 12.7 Å². The van der Waals surface area contributed by atoms with E-state index in [9.17, 15) is 4.79 Å². The van der Waals surface area contributed by atoms with Gasteiger partial charge in [0, 0.05) is 44.0 Å². The van der Waals surface area contributed by atoms with Crippen molar-refractivity contribution >= 4 is 17.4 Å². The smallest absolute Gasteiger partial charge is 0.320 e. The van der Waals surface area contributed by atoms with Crippen molar-refractivity contribution in [2.24, 2.45) is 0 Å². The molecule has 0 unspecified atom stereocenters. The largest absolute Gasteiger partial charge is 0.344 e. The minimum atomic E-state index is -0.0352. The molecule has 7 heteroatoms. The molecule has 0 saturated carbocycles. The van der Waals surface area contributed by atoms with Gasteiger partial charge in [-0.1, -0.05) is 0 Å². The molecular formula is C13H17N5OS. The molecule has 2 aromatic heterocycles. The second kappa shape index (κ2) is 5.72. The lowest BCUT2D eigenvalue weighted by Crippen LogP contribution is -2.49. The first-order valence-electron chi connectivity index (χ1n) is 6.63. The van der Waals surface area contributed by atoms with Crippen molar-refractivity contribution < 1.29 is 4.79 Å². The molecule has 0 spiro atoms. The second-order valence-electron chi connectivity index (χ2n) is 4.93. The van der Waals surface area contributed by atoms with Crippen molar-refractivity contribution in [3.05, 3.63) is 34.5 Å². The summed E-state index contributed by atoms with van der Waals surface area (Å²) in [6.45, 7) is 6.05. The van der Waals surface area contributed by atoms with Crippen LogP contribution in [0.15, 0.2) is 24.0 Å². The van der Waals surface area contributed by atoms with Gasteiger partial charge >= 0.3 is 6.03 Å². The van der Waals surface area contributed by atoms with Crippen LogP contribution in [0.2, 0.25) is 0 Å². The summed E-state index contributed by atoms with van der Waals surface area (Å²) in [6.07, 6.45) is 5.31. The maximum atomic E-state index is 12.2. The van der Waals surface area contributed by atoms with Crippen LogP contribution in [0, 0.1) is 6.92 Å². The molecule has 0 aromatic carbocycles. The van der Waals surface area contributed by atoms with Gasteiger partial charge in [0.25, 0.3) is 0 Å². The van der Waals surface area contributed by atoms with E-state index in [-0.39, 0.29) is 6.03 Å². The van der Waals surface area contributed by atoms with Crippen LogP contribution >= 0.6 is 11.3 Å². The second-order valence-corrected chi connectivity index (χ2v) is 5.91. The lowest BCUT2D eigenvalue weighted by Gasteiger charge is -2.33. The van der Waals surface area contributed by atoms with Crippen LogP contribution < -0.4 is 0 Å². The van der Waals surface area contributed by atoms with Crippen LogP contribution in [0.3, 0.4) is 0 Å². The molecule has 1 aliphatic heterocycles. The molecule has 1 amide bonds. The molecule has 0 aliphatic carbocycles. The van der Waals surface area contributed by atoms with Crippen molar-refractivity contribution in [1.82, 2.24) is 24.6 Å². The number of nitrogens with zero attached hydrogens (tertiary/aromatic N) is 5. The summed E-state index contributed by atoms with van der Waals surface area (Å²) in [7, 11) is 0. The predicted octanol–water partition coefficient (Wildman–Crippen LogP) is 1.43. The molecule has 1 aliphatic rings. The van der Waals surface area contributed by atoms with E-state index in [0.717, 1.165) is 43.3 Å². The summed E-state index contributed by atoms with van der Waals surface area (Å²) >= 11 is 1.68. The highest BCUT2D eigenvalue weighted by atomic mass is 32.1. The third-order valence-corrected chi connectivity index (χ3v) is 4.16. The standard InChI is InChI=1S/C13H17N5OS/c1-11-8-15-18(9-11)13(19)17-5-3-16(4-6-17)10-12-14-2-7-20-12/h2,7-9H,3-6,10H2,1H3. The first kappa shape index (κ1) is 13.3. The van der Waals surface area contributed by atoms with Gasteiger partial charge in [0.1, 0.15) is 5.01 Å². The number of hydrogen-bond acceptors (Lipinski definition) is 5. The SMILES string of the molecule is Cc1cnn(C(=O)N2CCN(Cc3nccs3)CC2)c1. The third kappa shape index (κ3) is 2.88. The fourth-order valence-corrected chi connectivity index (χ4v) is 2.94. The Hall–Kier alpha value is -1.73. The van der Waals surface area contributed by atoms with Gasteiger partial charge in [-0.05, 0) is 12.5 Å². The zero-order chi connectivity index (χ0) is 13.9. The highest BCUT2D eigenvalue weighted by Gasteiger charge is 2.22. The summed E-state index contributed by atoms with van der Waals surface area (Å²) in [5.41, 5.74) is 1.00. The summed E-state index contributed by atoms with van der Waals surface area (Å²) < 4.78 is 1.42. The first-order valence-corrected chi connectivity index (χ1v) is 7.51. The fourth-order valence-electron chi connectivity index (χ4n) is 2.28. The number of aryl methyl sites for hydroxylation is 1. The molecule has 6 nitrogen and oxygen atoms in total. The van der Waals surface area contributed by atoms with E-state index in [0.29, 0.717) is 0 Å². The lowest BCUT2D eigenvalue weighted by atomic mass is 10.3. The monoisotopic (exact) mass is 291 g/mol. The molecule has 2 aromatic rings. The minimum Gasteiger partial charge on any atom is -0.320 e. The number of piperazine rings is 1. The van der Waals surface area contributed by atoms with E-state index in [1.165, 1.54) is 4.68 Å². The predicted molar refractivity (Wildman–Crippen MR) is 76.7 cm³/mol. The summed E-state index contributed by atoms with van der Waals surface area (Å²) in [4.78, 5) is 20.7. The van der Waals surface area contributed by atoms with Crippen LogP contribution in [0.5, 0.6) is 0 Å². The number of rotatable bonds is 2. The topological polar surface area (TPSA) is 54.3 Å². The molecule has 0 radical (unpaired) electrons. The number of carbonyl (C=O) groups excluding carboxylic acids is 1. The van der Waals surface area contributed by atoms with E-state index < -0.39 is 0 Å². The molecule has 0 N–H and O–H groups in total. The van der Waals surface area contributed by atoms with Crippen LogP contribution in [0.1, 0.15) is 10.6 Å². The van der Waals surface area contributed by atoms with Crippen LogP contribution in [-0.2, 0) is 6.54 Å². The molecule has 106 valence electrons. The average Bonchev–Trinajstić information content (AvgIpc) is 3.10. The zero-order valence-electron chi connectivity index (χ0n) is 11.4. The molecule has 1 saturated heterocycles. The van der Waals surface area contributed by atoms with E-state index >= 15 is 0 Å². The number of aromatic nitrogens is 3.